The van der Waals surface area contributed by atoms with Gasteiger partial charge in [0.15, 0.2) is 17.5 Å². The van der Waals surface area contributed by atoms with Gasteiger partial charge in [-0.2, -0.15) is 0 Å². The molecule has 3 rings (SSSR count). The van der Waals surface area contributed by atoms with Crippen molar-refractivity contribution in [1.82, 2.24) is 4.90 Å². The molecule has 2 aliphatic heterocycles. The molecule has 3 nitrogen and oxygen atoms in total. The van der Waals surface area contributed by atoms with Crippen molar-refractivity contribution in [3.05, 3.63) is 35.1 Å². The molecule has 0 bridgehead atoms. The van der Waals surface area contributed by atoms with Gasteiger partial charge in [-0.15, -0.1) is 0 Å². The number of hydrogen-bond acceptors (Lipinski definition) is 2. The third kappa shape index (κ3) is 2.84. The second kappa shape index (κ2) is 5.91. The molecule has 0 unspecified atom stereocenters. The van der Waals surface area contributed by atoms with Crippen molar-refractivity contribution < 1.29 is 22.7 Å². The topological polar surface area (TPSA) is 29.5 Å². The fourth-order valence-electron chi connectivity index (χ4n) is 3.29. The number of amides is 1. The lowest BCUT2D eigenvalue weighted by Gasteiger charge is -2.26. The summed E-state index contributed by atoms with van der Waals surface area (Å²) in [7, 11) is 0. The molecule has 120 valence electrons. The molecule has 1 atom stereocenters. The number of hydrogen-bond donors (Lipinski definition) is 0. The lowest BCUT2D eigenvalue weighted by Crippen LogP contribution is -2.32. The average molecular weight is 313 g/mol. The first-order chi connectivity index (χ1) is 10.5. The maximum atomic E-state index is 13.8. The van der Waals surface area contributed by atoms with Crippen molar-refractivity contribution in [1.29, 1.82) is 0 Å². The van der Waals surface area contributed by atoms with E-state index in [1.54, 1.807) is 0 Å². The fourth-order valence-corrected chi connectivity index (χ4v) is 3.29. The van der Waals surface area contributed by atoms with Crippen LogP contribution in [0.25, 0.3) is 0 Å². The van der Waals surface area contributed by atoms with Crippen molar-refractivity contribution in [2.45, 2.75) is 44.2 Å². The number of ether oxygens (including phenoxy) is 1. The van der Waals surface area contributed by atoms with E-state index in [-0.39, 0.29) is 23.6 Å². The minimum absolute atomic E-state index is 0.00413. The first kappa shape index (κ1) is 15.3. The van der Waals surface area contributed by atoms with E-state index in [1.165, 1.54) is 11.0 Å². The molecular formula is C16H18F3NO2. The second-order valence-electron chi connectivity index (χ2n) is 6.03. The van der Waals surface area contributed by atoms with Crippen molar-refractivity contribution in [3.63, 3.8) is 0 Å². The van der Waals surface area contributed by atoms with E-state index in [2.05, 4.69) is 0 Å². The Morgan fingerprint density at radius 3 is 2.68 bits per heavy atom. The Morgan fingerprint density at radius 2 is 1.95 bits per heavy atom. The van der Waals surface area contributed by atoms with E-state index < -0.39 is 17.5 Å². The van der Waals surface area contributed by atoms with Crippen molar-refractivity contribution >= 4 is 5.91 Å². The molecule has 0 aromatic heterocycles. The van der Waals surface area contributed by atoms with Crippen LogP contribution in [0, 0.1) is 17.5 Å². The summed E-state index contributed by atoms with van der Waals surface area (Å²) in [6, 6.07) is 2.07. The van der Waals surface area contributed by atoms with Crippen LogP contribution in [0.5, 0.6) is 0 Å². The first-order valence-electron chi connectivity index (χ1n) is 7.55. The van der Waals surface area contributed by atoms with Gasteiger partial charge in [0.05, 0.1) is 5.60 Å². The zero-order valence-corrected chi connectivity index (χ0v) is 12.2. The predicted molar refractivity (Wildman–Crippen MR) is 73.5 cm³/mol. The molecule has 6 heteroatoms. The van der Waals surface area contributed by atoms with Gasteiger partial charge in [-0.05, 0) is 31.7 Å². The molecule has 2 aliphatic rings. The van der Waals surface area contributed by atoms with Crippen molar-refractivity contribution in [2.24, 2.45) is 0 Å². The zero-order chi connectivity index (χ0) is 15.7. The molecule has 0 N–H and O–H groups in total. The Balaban J connectivity index is 1.75. The quantitative estimate of drug-likeness (QED) is 0.785. The normalized spacial score (nSPS) is 25.8. The van der Waals surface area contributed by atoms with Gasteiger partial charge in [-0.25, -0.2) is 13.2 Å². The largest absolute Gasteiger partial charge is 0.375 e. The molecule has 1 aromatic rings. The lowest BCUT2D eigenvalue weighted by atomic mass is 9.92. The monoisotopic (exact) mass is 313 g/mol. The Hall–Kier alpha value is -1.56. The number of likely N-dealkylation sites (tertiary alicyclic amines) is 1. The number of rotatable bonds is 2. The smallest absolute Gasteiger partial charge is 0.222 e. The number of benzene rings is 1. The zero-order valence-electron chi connectivity index (χ0n) is 12.2. The van der Waals surface area contributed by atoms with E-state index in [1.807, 2.05) is 0 Å². The summed E-state index contributed by atoms with van der Waals surface area (Å²) in [5, 5.41) is 0. The Labute approximate surface area is 127 Å². The summed E-state index contributed by atoms with van der Waals surface area (Å²) in [6.45, 7) is 1.11. The van der Waals surface area contributed by atoms with Gasteiger partial charge in [0, 0.05) is 31.7 Å². The Bertz CT molecular complexity index is 585. The molecule has 1 spiro atoms. The highest BCUT2D eigenvalue weighted by molar-refractivity contribution is 5.76. The van der Waals surface area contributed by atoms with Crippen LogP contribution in [0.4, 0.5) is 13.2 Å². The van der Waals surface area contributed by atoms with Gasteiger partial charge in [0.25, 0.3) is 0 Å². The number of halogens is 3. The van der Waals surface area contributed by atoms with Crippen molar-refractivity contribution in [2.75, 3.05) is 13.2 Å². The summed E-state index contributed by atoms with van der Waals surface area (Å²) >= 11 is 0. The Morgan fingerprint density at radius 1 is 1.14 bits per heavy atom. The number of carbonyl (C=O) groups is 1. The number of carbonyl (C=O) groups excluding carboxylic acids is 1. The third-order valence-corrected chi connectivity index (χ3v) is 4.65. The molecule has 2 saturated heterocycles. The van der Waals surface area contributed by atoms with Crippen molar-refractivity contribution in [3.8, 4) is 0 Å². The maximum absolute atomic E-state index is 13.8. The van der Waals surface area contributed by atoms with Crippen LogP contribution in [0.2, 0.25) is 0 Å². The standard InChI is InChI=1S/C16H18F3NO2/c17-12-3-2-11(14(18)15(12)19)10-20-8-7-16(5-1-9-22-16)6-4-13(20)21/h2-3H,1,4-10H2/t16-/m0/s1. The predicted octanol–water partition coefficient (Wildman–Crippen LogP) is 3.17. The fraction of sp³-hybridized carbons (Fsp3) is 0.562. The van der Waals surface area contributed by atoms with Crippen LogP contribution in [-0.2, 0) is 16.1 Å². The van der Waals surface area contributed by atoms with Crippen LogP contribution < -0.4 is 0 Å². The second-order valence-corrected chi connectivity index (χ2v) is 6.03. The van der Waals surface area contributed by atoms with Gasteiger partial charge in [0.1, 0.15) is 0 Å². The molecule has 2 fully saturated rings. The minimum atomic E-state index is -1.49. The highest BCUT2D eigenvalue weighted by Gasteiger charge is 2.38. The van der Waals surface area contributed by atoms with Crippen LogP contribution in [-0.4, -0.2) is 29.6 Å². The van der Waals surface area contributed by atoms with Gasteiger partial charge in [-0.1, -0.05) is 6.07 Å². The highest BCUT2D eigenvalue weighted by Crippen LogP contribution is 2.36. The van der Waals surface area contributed by atoms with E-state index in [4.69, 9.17) is 4.74 Å². The molecule has 0 saturated carbocycles. The van der Waals surface area contributed by atoms with E-state index >= 15 is 0 Å². The molecule has 1 amide bonds. The summed E-state index contributed by atoms with van der Waals surface area (Å²) in [4.78, 5) is 13.7. The molecular weight excluding hydrogens is 295 g/mol. The first-order valence-corrected chi connectivity index (χ1v) is 7.55. The van der Waals surface area contributed by atoms with Crippen LogP contribution >= 0.6 is 0 Å². The average Bonchev–Trinajstić information content (AvgIpc) is 2.92. The van der Waals surface area contributed by atoms with Gasteiger partial charge < -0.3 is 9.64 Å². The van der Waals surface area contributed by atoms with E-state index in [0.29, 0.717) is 32.4 Å². The molecule has 1 aromatic carbocycles. The molecule has 22 heavy (non-hydrogen) atoms. The van der Waals surface area contributed by atoms with Crippen LogP contribution in [0.3, 0.4) is 0 Å². The molecule has 2 heterocycles. The van der Waals surface area contributed by atoms with Crippen LogP contribution in [0.15, 0.2) is 12.1 Å². The lowest BCUT2D eigenvalue weighted by molar-refractivity contribution is -0.131. The summed E-state index contributed by atoms with van der Waals surface area (Å²) in [5.74, 6) is -4.03. The molecule has 0 aliphatic carbocycles. The van der Waals surface area contributed by atoms with Gasteiger partial charge >= 0.3 is 0 Å². The number of nitrogens with zero attached hydrogens (tertiary/aromatic N) is 1. The summed E-state index contributed by atoms with van der Waals surface area (Å²) in [5.41, 5.74) is -0.243. The van der Waals surface area contributed by atoms with E-state index in [0.717, 1.165) is 18.9 Å². The Kier molecular flexibility index (Phi) is 4.12. The van der Waals surface area contributed by atoms with Gasteiger partial charge in [-0.3, -0.25) is 4.79 Å². The van der Waals surface area contributed by atoms with E-state index in [9.17, 15) is 18.0 Å². The SMILES string of the molecule is O=C1CC[C@@]2(CCCO2)CCN1Cc1ccc(F)c(F)c1F. The summed E-state index contributed by atoms with van der Waals surface area (Å²) < 4.78 is 45.8. The maximum Gasteiger partial charge on any atom is 0.222 e. The highest BCUT2D eigenvalue weighted by atomic mass is 19.2. The van der Waals surface area contributed by atoms with Gasteiger partial charge in [0.2, 0.25) is 5.91 Å². The summed E-state index contributed by atoms with van der Waals surface area (Å²) in [6.07, 6.45) is 3.64. The minimum Gasteiger partial charge on any atom is -0.375 e. The molecule has 0 radical (unpaired) electrons. The van der Waals surface area contributed by atoms with Crippen LogP contribution in [0.1, 0.15) is 37.7 Å². The third-order valence-electron chi connectivity index (χ3n) is 4.65.